The fraction of sp³-hybridized carbons (Fsp3) is 0.0476. The van der Waals surface area contributed by atoms with E-state index in [1.807, 2.05) is 77.4 Å². The molecule has 1 heterocycles. The maximum Gasteiger partial charge on any atom is 0.221 e. The summed E-state index contributed by atoms with van der Waals surface area (Å²) in [6.45, 7) is 1.51. The second kappa shape index (κ2) is 6.37. The van der Waals surface area contributed by atoms with Gasteiger partial charge in [-0.2, -0.15) is 0 Å². The molecule has 0 radical (unpaired) electrons. The second-order valence-electron chi connectivity index (χ2n) is 6.07. The average molecular weight is 342 g/mol. The van der Waals surface area contributed by atoms with Crippen LogP contribution in [-0.2, 0) is 4.79 Å². The largest absolute Gasteiger partial charge is 0.369 e. The number of amides is 1. The van der Waals surface area contributed by atoms with Crippen molar-refractivity contribution >= 4 is 28.6 Å². The molecule has 0 atom stereocenters. The number of para-hydroxylation sites is 3. The molecule has 0 bridgehead atoms. The molecule has 4 aromatic rings. The number of hydrogen-bond acceptors (Lipinski definition) is 3. The summed E-state index contributed by atoms with van der Waals surface area (Å²) < 4.78 is 1.93. The highest BCUT2D eigenvalue weighted by molar-refractivity contribution is 5.94. The number of fused-ring (bicyclic) bond motifs is 1. The Morgan fingerprint density at radius 3 is 2.42 bits per heavy atom. The monoisotopic (exact) mass is 342 g/mol. The molecule has 0 saturated carbocycles. The third kappa shape index (κ3) is 2.80. The number of hydrogen-bond donors (Lipinski definition) is 2. The Morgan fingerprint density at radius 2 is 1.65 bits per heavy atom. The summed E-state index contributed by atoms with van der Waals surface area (Å²) in [7, 11) is 0. The summed E-state index contributed by atoms with van der Waals surface area (Å²) in [4.78, 5) is 15.8. The molecule has 128 valence electrons. The van der Waals surface area contributed by atoms with Crippen molar-refractivity contribution in [2.24, 2.45) is 0 Å². The van der Waals surface area contributed by atoms with Crippen molar-refractivity contribution in [1.29, 1.82) is 0 Å². The zero-order valence-corrected chi connectivity index (χ0v) is 14.3. The lowest BCUT2D eigenvalue weighted by Gasteiger charge is -2.12. The third-order valence-electron chi connectivity index (χ3n) is 4.26. The maximum absolute atomic E-state index is 11.4. The summed E-state index contributed by atoms with van der Waals surface area (Å²) in [6, 6.07) is 23.6. The van der Waals surface area contributed by atoms with Crippen molar-refractivity contribution in [1.82, 2.24) is 9.55 Å². The molecule has 0 aliphatic heterocycles. The molecule has 0 aliphatic carbocycles. The first-order valence-corrected chi connectivity index (χ1v) is 8.34. The smallest absolute Gasteiger partial charge is 0.221 e. The minimum Gasteiger partial charge on any atom is -0.369 e. The molecule has 1 aromatic heterocycles. The van der Waals surface area contributed by atoms with Crippen LogP contribution in [0.15, 0.2) is 72.8 Å². The highest BCUT2D eigenvalue weighted by Crippen LogP contribution is 2.30. The van der Waals surface area contributed by atoms with Crippen molar-refractivity contribution < 1.29 is 4.79 Å². The summed E-state index contributed by atoms with van der Waals surface area (Å²) in [6.07, 6.45) is 0. The van der Waals surface area contributed by atoms with Gasteiger partial charge in [-0.05, 0) is 35.9 Å². The molecule has 26 heavy (non-hydrogen) atoms. The van der Waals surface area contributed by atoms with Gasteiger partial charge in [0.1, 0.15) is 0 Å². The van der Waals surface area contributed by atoms with Crippen LogP contribution in [0.1, 0.15) is 6.92 Å². The van der Waals surface area contributed by atoms with E-state index in [0.29, 0.717) is 5.95 Å². The van der Waals surface area contributed by atoms with E-state index >= 15 is 0 Å². The number of nitrogens with one attached hydrogen (secondary N) is 1. The van der Waals surface area contributed by atoms with E-state index in [9.17, 15) is 4.79 Å². The van der Waals surface area contributed by atoms with Crippen molar-refractivity contribution in [2.75, 3.05) is 11.1 Å². The number of anilines is 2. The first-order valence-electron chi connectivity index (χ1n) is 8.34. The molecule has 3 aromatic carbocycles. The highest BCUT2D eigenvalue weighted by atomic mass is 16.1. The molecule has 0 aliphatic rings. The molecule has 1 amide bonds. The van der Waals surface area contributed by atoms with Gasteiger partial charge in [-0.25, -0.2) is 4.98 Å². The van der Waals surface area contributed by atoms with Gasteiger partial charge in [-0.15, -0.1) is 0 Å². The predicted molar refractivity (Wildman–Crippen MR) is 105 cm³/mol. The van der Waals surface area contributed by atoms with Gasteiger partial charge in [-0.1, -0.05) is 42.5 Å². The molecule has 5 heteroatoms. The summed E-state index contributed by atoms with van der Waals surface area (Å²) in [5, 5.41) is 2.87. The lowest BCUT2D eigenvalue weighted by atomic mass is 10.0. The first-order chi connectivity index (χ1) is 12.6. The highest BCUT2D eigenvalue weighted by Gasteiger charge is 2.10. The van der Waals surface area contributed by atoms with E-state index in [-0.39, 0.29) is 5.91 Å². The number of nitrogen functional groups attached to an aromatic ring is 1. The van der Waals surface area contributed by atoms with Gasteiger partial charge in [0, 0.05) is 23.9 Å². The zero-order chi connectivity index (χ0) is 18.1. The SMILES string of the molecule is CC(=O)Nc1ccccc1-c1ccc(-n2c(N)nc3ccccc32)cc1. The van der Waals surface area contributed by atoms with Crippen molar-refractivity contribution in [2.45, 2.75) is 6.92 Å². The average Bonchev–Trinajstić information content (AvgIpc) is 2.98. The van der Waals surface area contributed by atoms with Gasteiger partial charge in [-0.3, -0.25) is 9.36 Å². The van der Waals surface area contributed by atoms with E-state index in [4.69, 9.17) is 5.73 Å². The van der Waals surface area contributed by atoms with Gasteiger partial charge < -0.3 is 11.1 Å². The van der Waals surface area contributed by atoms with Gasteiger partial charge >= 0.3 is 0 Å². The fourth-order valence-corrected chi connectivity index (χ4v) is 3.14. The van der Waals surface area contributed by atoms with Gasteiger partial charge in [0.05, 0.1) is 11.0 Å². The van der Waals surface area contributed by atoms with E-state index in [2.05, 4.69) is 10.3 Å². The summed E-state index contributed by atoms with van der Waals surface area (Å²) in [5.74, 6) is 0.365. The van der Waals surface area contributed by atoms with Crippen LogP contribution in [0.5, 0.6) is 0 Å². The van der Waals surface area contributed by atoms with Crippen molar-refractivity contribution in [3.8, 4) is 16.8 Å². The van der Waals surface area contributed by atoms with Gasteiger partial charge in [0.15, 0.2) is 0 Å². The molecule has 0 unspecified atom stereocenters. The fourth-order valence-electron chi connectivity index (χ4n) is 3.14. The molecule has 0 spiro atoms. The number of carbonyl (C=O) groups is 1. The third-order valence-corrected chi connectivity index (χ3v) is 4.26. The Kier molecular flexibility index (Phi) is 3.89. The number of carbonyl (C=O) groups excluding carboxylic acids is 1. The van der Waals surface area contributed by atoms with E-state index in [0.717, 1.165) is 33.5 Å². The minimum atomic E-state index is -0.0910. The summed E-state index contributed by atoms with van der Waals surface area (Å²) >= 11 is 0. The quantitative estimate of drug-likeness (QED) is 0.585. The lowest BCUT2D eigenvalue weighted by molar-refractivity contribution is -0.114. The van der Waals surface area contributed by atoms with Crippen LogP contribution in [-0.4, -0.2) is 15.5 Å². The van der Waals surface area contributed by atoms with Crippen LogP contribution >= 0.6 is 0 Å². The van der Waals surface area contributed by atoms with Crippen LogP contribution in [0.3, 0.4) is 0 Å². The first kappa shape index (κ1) is 15.9. The van der Waals surface area contributed by atoms with Crippen LogP contribution in [0, 0.1) is 0 Å². The van der Waals surface area contributed by atoms with E-state index in [1.165, 1.54) is 6.92 Å². The number of nitrogens with two attached hydrogens (primary N) is 1. The van der Waals surface area contributed by atoms with E-state index in [1.54, 1.807) is 0 Å². The molecule has 0 fully saturated rings. The Hall–Kier alpha value is -3.60. The number of benzene rings is 3. The summed E-state index contributed by atoms with van der Waals surface area (Å²) in [5.41, 5.74) is 11.7. The predicted octanol–water partition coefficient (Wildman–Crippen LogP) is 4.23. The van der Waals surface area contributed by atoms with Crippen molar-refractivity contribution in [3.05, 3.63) is 72.8 Å². The zero-order valence-electron chi connectivity index (χ0n) is 14.3. The second-order valence-corrected chi connectivity index (χ2v) is 6.07. The van der Waals surface area contributed by atoms with Gasteiger partial charge in [0.2, 0.25) is 11.9 Å². The van der Waals surface area contributed by atoms with Crippen LogP contribution in [0.2, 0.25) is 0 Å². The molecule has 3 N–H and O–H groups in total. The Morgan fingerprint density at radius 1 is 0.962 bits per heavy atom. The number of nitrogens with zero attached hydrogens (tertiary/aromatic N) is 2. The number of imidazole rings is 1. The van der Waals surface area contributed by atoms with Crippen LogP contribution < -0.4 is 11.1 Å². The molecule has 0 saturated heterocycles. The normalized spacial score (nSPS) is 10.8. The van der Waals surface area contributed by atoms with E-state index < -0.39 is 0 Å². The Balaban J connectivity index is 1.76. The number of aromatic nitrogens is 2. The Labute approximate surface area is 151 Å². The van der Waals surface area contributed by atoms with Gasteiger partial charge in [0.25, 0.3) is 0 Å². The minimum absolute atomic E-state index is 0.0910. The lowest BCUT2D eigenvalue weighted by Crippen LogP contribution is -2.06. The maximum atomic E-state index is 11.4. The Bertz CT molecular complexity index is 1100. The van der Waals surface area contributed by atoms with Crippen molar-refractivity contribution in [3.63, 3.8) is 0 Å². The number of rotatable bonds is 3. The molecule has 5 nitrogen and oxygen atoms in total. The molecule has 4 rings (SSSR count). The standard InChI is InChI=1S/C21H18N4O/c1-14(26)23-18-7-3-2-6-17(18)15-10-12-16(13-11-15)25-20-9-5-4-8-19(20)24-21(25)22/h2-13H,1H3,(H2,22,24)(H,23,26). The topological polar surface area (TPSA) is 72.9 Å². The molecular formula is C21H18N4O. The van der Waals surface area contributed by atoms with Crippen LogP contribution in [0.25, 0.3) is 27.8 Å². The van der Waals surface area contributed by atoms with Crippen LogP contribution in [0.4, 0.5) is 11.6 Å². The molecular weight excluding hydrogens is 324 g/mol.